The van der Waals surface area contributed by atoms with Crippen molar-refractivity contribution in [3.05, 3.63) is 28.2 Å². The van der Waals surface area contributed by atoms with Crippen molar-refractivity contribution in [2.75, 3.05) is 24.6 Å². The minimum atomic E-state index is -2.84. The van der Waals surface area contributed by atoms with Crippen molar-refractivity contribution < 1.29 is 13.5 Å². The quantitative estimate of drug-likeness (QED) is 0.895. The Morgan fingerprint density at radius 1 is 1.29 bits per heavy atom. The molecule has 6 heteroatoms. The predicted molar refractivity (Wildman–Crippen MR) is 69.7 cm³/mol. The lowest BCUT2D eigenvalue weighted by Crippen LogP contribution is -2.39. The van der Waals surface area contributed by atoms with Crippen LogP contribution in [0.3, 0.4) is 0 Å². The molecule has 1 saturated heterocycles. The molecule has 0 saturated carbocycles. The molecule has 1 aromatic carbocycles. The molecular formula is C11H14BrNO3S. The van der Waals surface area contributed by atoms with E-state index in [4.69, 9.17) is 0 Å². The van der Waals surface area contributed by atoms with Crippen molar-refractivity contribution in [2.45, 2.75) is 6.54 Å². The molecule has 0 amide bonds. The second kappa shape index (κ2) is 4.96. The van der Waals surface area contributed by atoms with E-state index in [2.05, 4.69) is 15.9 Å². The summed E-state index contributed by atoms with van der Waals surface area (Å²) in [5.74, 6) is 0.672. The van der Waals surface area contributed by atoms with Gasteiger partial charge in [0, 0.05) is 29.7 Å². The summed E-state index contributed by atoms with van der Waals surface area (Å²) in [6.45, 7) is 1.66. The molecule has 0 aromatic heterocycles. The minimum absolute atomic E-state index is 0.210. The fourth-order valence-corrected chi connectivity index (χ4v) is 3.52. The topological polar surface area (TPSA) is 57.6 Å². The Kier molecular flexibility index (Phi) is 3.75. The van der Waals surface area contributed by atoms with E-state index in [1.54, 1.807) is 12.1 Å². The van der Waals surface area contributed by atoms with E-state index in [-0.39, 0.29) is 17.3 Å². The van der Waals surface area contributed by atoms with Gasteiger partial charge in [0.2, 0.25) is 0 Å². The number of phenols is 1. The van der Waals surface area contributed by atoms with Crippen LogP contribution in [0.15, 0.2) is 22.7 Å². The van der Waals surface area contributed by atoms with E-state index < -0.39 is 9.84 Å². The molecule has 1 N–H and O–H groups in total. The van der Waals surface area contributed by atoms with Gasteiger partial charge in [0.25, 0.3) is 0 Å². The van der Waals surface area contributed by atoms with Crippen molar-refractivity contribution in [1.82, 2.24) is 4.90 Å². The Bertz CT molecular complexity index is 501. The highest BCUT2D eigenvalue weighted by Crippen LogP contribution is 2.23. The zero-order chi connectivity index (χ0) is 12.5. The summed E-state index contributed by atoms with van der Waals surface area (Å²) in [5.41, 5.74) is 0.818. The highest BCUT2D eigenvalue weighted by Gasteiger charge is 2.22. The van der Waals surface area contributed by atoms with Gasteiger partial charge >= 0.3 is 0 Å². The van der Waals surface area contributed by atoms with Crippen LogP contribution in [0.25, 0.3) is 0 Å². The van der Waals surface area contributed by atoms with Gasteiger partial charge in [-0.25, -0.2) is 8.42 Å². The smallest absolute Gasteiger partial charge is 0.152 e. The number of hydrogen-bond donors (Lipinski definition) is 1. The van der Waals surface area contributed by atoms with E-state index in [9.17, 15) is 13.5 Å². The lowest BCUT2D eigenvalue weighted by atomic mass is 10.2. The zero-order valence-corrected chi connectivity index (χ0v) is 11.7. The summed E-state index contributed by atoms with van der Waals surface area (Å²) in [4.78, 5) is 2.04. The third-order valence-corrected chi connectivity index (χ3v) is 4.97. The Balaban J connectivity index is 2.05. The minimum Gasteiger partial charge on any atom is -0.508 e. The van der Waals surface area contributed by atoms with Crippen LogP contribution in [0.1, 0.15) is 5.56 Å². The molecule has 0 bridgehead atoms. The van der Waals surface area contributed by atoms with Crippen LogP contribution in [0.4, 0.5) is 0 Å². The number of rotatable bonds is 2. The maximum atomic E-state index is 11.3. The van der Waals surface area contributed by atoms with Crippen molar-refractivity contribution in [1.29, 1.82) is 0 Å². The number of halogens is 1. The predicted octanol–water partition coefficient (Wildman–Crippen LogP) is 1.39. The zero-order valence-electron chi connectivity index (χ0n) is 9.26. The Morgan fingerprint density at radius 3 is 2.59 bits per heavy atom. The van der Waals surface area contributed by atoms with Crippen LogP contribution in [0.5, 0.6) is 5.75 Å². The number of sulfone groups is 1. The summed E-state index contributed by atoms with van der Waals surface area (Å²) in [6, 6.07) is 5.28. The molecule has 1 heterocycles. The van der Waals surface area contributed by atoms with Crippen molar-refractivity contribution in [3.8, 4) is 5.75 Å². The molecule has 1 aliphatic heterocycles. The molecule has 0 spiro atoms. The van der Waals surface area contributed by atoms with Gasteiger partial charge in [0.1, 0.15) is 5.75 Å². The highest BCUT2D eigenvalue weighted by atomic mass is 79.9. The third kappa shape index (κ3) is 3.43. The number of nitrogens with zero attached hydrogens (tertiary/aromatic N) is 1. The van der Waals surface area contributed by atoms with Crippen LogP contribution in [-0.4, -0.2) is 43.0 Å². The molecule has 0 radical (unpaired) electrons. The fourth-order valence-electron chi connectivity index (χ4n) is 1.83. The first-order valence-corrected chi connectivity index (χ1v) is 7.98. The summed E-state index contributed by atoms with van der Waals surface area (Å²) >= 11 is 3.35. The number of phenolic OH excluding ortho intramolecular Hbond substituents is 1. The average molecular weight is 320 g/mol. The van der Waals surface area contributed by atoms with Crippen LogP contribution >= 0.6 is 15.9 Å². The van der Waals surface area contributed by atoms with Gasteiger partial charge in [-0.2, -0.15) is 0 Å². The van der Waals surface area contributed by atoms with E-state index in [1.165, 1.54) is 0 Å². The monoisotopic (exact) mass is 319 g/mol. The van der Waals surface area contributed by atoms with E-state index in [0.717, 1.165) is 10.0 Å². The van der Waals surface area contributed by atoms with E-state index in [0.29, 0.717) is 19.6 Å². The van der Waals surface area contributed by atoms with Crippen LogP contribution in [0, 0.1) is 0 Å². The SMILES string of the molecule is O=S1(=O)CCN(Cc2cc(Br)ccc2O)CC1. The third-order valence-electron chi connectivity index (χ3n) is 2.87. The summed E-state index contributed by atoms with van der Waals surface area (Å²) < 4.78 is 23.5. The summed E-state index contributed by atoms with van der Waals surface area (Å²) in [7, 11) is -2.84. The van der Waals surface area contributed by atoms with Crippen LogP contribution in [-0.2, 0) is 16.4 Å². The average Bonchev–Trinajstić information content (AvgIpc) is 2.26. The second-order valence-corrected chi connectivity index (χ2v) is 7.42. The van der Waals surface area contributed by atoms with Crippen molar-refractivity contribution >= 4 is 25.8 Å². The molecule has 0 unspecified atom stereocenters. The maximum Gasteiger partial charge on any atom is 0.152 e. The van der Waals surface area contributed by atoms with Crippen molar-refractivity contribution in [3.63, 3.8) is 0 Å². The molecule has 0 atom stereocenters. The molecule has 1 aromatic rings. The first-order valence-electron chi connectivity index (χ1n) is 5.36. The number of aromatic hydroxyl groups is 1. The highest BCUT2D eigenvalue weighted by molar-refractivity contribution is 9.10. The lowest BCUT2D eigenvalue weighted by molar-refractivity contribution is 0.283. The first kappa shape index (κ1) is 12.9. The van der Waals surface area contributed by atoms with Gasteiger partial charge in [-0.15, -0.1) is 0 Å². The van der Waals surface area contributed by atoms with Gasteiger partial charge in [0.05, 0.1) is 11.5 Å². The Labute approximate surface area is 109 Å². The van der Waals surface area contributed by atoms with Gasteiger partial charge in [-0.1, -0.05) is 15.9 Å². The maximum absolute atomic E-state index is 11.3. The Hall–Kier alpha value is -0.590. The van der Waals surface area contributed by atoms with Gasteiger partial charge in [-0.05, 0) is 18.2 Å². The lowest BCUT2D eigenvalue weighted by Gasteiger charge is -2.26. The number of benzene rings is 1. The van der Waals surface area contributed by atoms with Gasteiger partial charge in [0.15, 0.2) is 9.84 Å². The molecule has 1 fully saturated rings. The molecule has 4 nitrogen and oxygen atoms in total. The molecule has 0 aliphatic carbocycles. The summed E-state index contributed by atoms with van der Waals surface area (Å²) in [5, 5.41) is 9.70. The fraction of sp³-hybridized carbons (Fsp3) is 0.455. The standard InChI is InChI=1S/C11H14BrNO3S/c12-10-1-2-11(14)9(7-10)8-13-3-5-17(15,16)6-4-13/h1-2,7,14H,3-6,8H2. The second-order valence-electron chi connectivity index (χ2n) is 4.20. The molecular weight excluding hydrogens is 306 g/mol. The largest absolute Gasteiger partial charge is 0.508 e. The van der Waals surface area contributed by atoms with Crippen LogP contribution < -0.4 is 0 Å². The molecule has 1 aliphatic rings. The van der Waals surface area contributed by atoms with Crippen molar-refractivity contribution in [2.24, 2.45) is 0 Å². The normalized spacial score (nSPS) is 20.3. The molecule has 2 rings (SSSR count). The first-order chi connectivity index (χ1) is 7.96. The van der Waals surface area contributed by atoms with Crippen LogP contribution in [0.2, 0.25) is 0 Å². The Morgan fingerprint density at radius 2 is 1.94 bits per heavy atom. The van der Waals surface area contributed by atoms with Gasteiger partial charge in [-0.3, -0.25) is 4.90 Å². The van der Waals surface area contributed by atoms with E-state index >= 15 is 0 Å². The van der Waals surface area contributed by atoms with E-state index in [1.807, 2.05) is 11.0 Å². The van der Waals surface area contributed by atoms with Gasteiger partial charge < -0.3 is 5.11 Å². The molecule has 94 valence electrons. The molecule has 17 heavy (non-hydrogen) atoms. The summed E-state index contributed by atoms with van der Waals surface area (Å²) in [6.07, 6.45) is 0. The number of hydrogen-bond acceptors (Lipinski definition) is 4.